The van der Waals surface area contributed by atoms with Crippen LogP contribution in [0.15, 0.2) is 36.9 Å². The third-order valence-corrected chi connectivity index (χ3v) is 4.76. The van der Waals surface area contributed by atoms with Crippen molar-refractivity contribution in [1.82, 2.24) is 9.55 Å². The molecule has 0 bridgehead atoms. The number of piperidine rings is 1. The van der Waals surface area contributed by atoms with E-state index >= 15 is 0 Å². The standard InChI is InChI=1S/C17H20N4O4/c1-12-5-7-19(10-16(12)20-8-6-18-11-20)15-9-13(17(22)25-2)3-4-14(15)21(23)24/h3-4,6,8-9,11-12,16H,5,7,10H2,1-2H3/t12-,16-/m0/s1. The van der Waals surface area contributed by atoms with E-state index in [9.17, 15) is 14.9 Å². The topological polar surface area (TPSA) is 90.5 Å². The maximum Gasteiger partial charge on any atom is 0.337 e. The number of methoxy groups -OCH3 is 1. The molecule has 0 unspecified atom stereocenters. The van der Waals surface area contributed by atoms with Crippen LogP contribution in [0.25, 0.3) is 0 Å². The number of benzene rings is 1. The predicted octanol–water partition coefficient (Wildman–Crippen LogP) is 2.67. The van der Waals surface area contributed by atoms with Crippen LogP contribution in [0.1, 0.15) is 29.7 Å². The van der Waals surface area contributed by atoms with Gasteiger partial charge in [-0.2, -0.15) is 0 Å². The third kappa shape index (κ3) is 3.33. The average Bonchev–Trinajstić information content (AvgIpc) is 3.15. The Bertz CT molecular complexity index is 775. The van der Waals surface area contributed by atoms with E-state index in [2.05, 4.69) is 11.9 Å². The highest BCUT2D eigenvalue weighted by molar-refractivity contribution is 5.91. The van der Waals surface area contributed by atoms with Gasteiger partial charge in [-0.1, -0.05) is 6.92 Å². The SMILES string of the molecule is COC(=O)c1ccc([N+](=O)[O-])c(N2CC[C@H](C)[C@@H](n3ccnc3)C2)c1. The van der Waals surface area contributed by atoms with Crippen molar-refractivity contribution in [2.45, 2.75) is 19.4 Å². The summed E-state index contributed by atoms with van der Waals surface area (Å²) >= 11 is 0. The number of esters is 1. The molecule has 0 amide bonds. The van der Waals surface area contributed by atoms with E-state index in [0.29, 0.717) is 30.3 Å². The lowest BCUT2D eigenvalue weighted by Gasteiger charge is -2.38. The second kappa shape index (κ2) is 6.92. The molecule has 1 saturated heterocycles. The first-order valence-corrected chi connectivity index (χ1v) is 8.10. The quantitative estimate of drug-likeness (QED) is 0.481. The first kappa shape index (κ1) is 16.9. The molecule has 2 aromatic rings. The molecule has 1 aliphatic rings. The van der Waals surface area contributed by atoms with Gasteiger partial charge in [-0.3, -0.25) is 10.1 Å². The number of carbonyl (C=O) groups is 1. The number of nitro benzene ring substituents is 1. The highest BCUT2D eigenvalue weighted by atomic mass is 16.6. The zero-order valence-corrected chi connectivity index (χ0v) is 14.2. The van der Waals surface area contributed by atoms with E-state index in [1.54, 1.807) is 18.6 Å². The molecule has 0 radical (unpaired) electrons. The summed E-state index contributed by atoms with van der Waals surface area (Å²) in [5.41, 5.74) is 0.748. The van der Waals surface area contributed by atoms with E-state index in [0.717, 1.165) is 6.42 Å². The van der Waals surface area contributed by atoms with Crippen molar-refractivity contribution < 1.29 is 14.5 Å². The minimum atomic E-state index is -0.507. The van der Waals surface area contributed by atoms with Gasteiger partial charge in [0, 0.05) is 31.5 Å². The Kier molecular flexibility index (Phi) is 4.69. The van der Waals surface area contributed by atoms with Crippen molar-refractivity contribution in [2.75, 3.05) is 25.1 Å². The summed E-state index contributed by atoms with van der Waals surface area (Å²) in [6.07, 6.45) is 6.29. The highest BCUT2D eigenvalue weighted by Crippen LogP contribution is 2.35. The second-order valence-electron chi connectivity index (χ2n) is 6.24. The van der Waals surface area contributed by atoms with Gasteiger partial charge in [-0.15, -0.1) is 0 Å². The van der Waals surface area contributed by atoms with Gasteiger partial charge in [0.2, 0.25) is 0 Å². The van der Waals surface area contributed by atoms with Crippen molar-refractivity contribution >= 4 is 17.3 Å². The minimum absolute atomic E-state index is 0.00779. The van der Waals surface area contributed by atoms with Crippen molar-refractivity contribution in [3.05, 3.63) is 52.6 Å². The molecule has 25 heavy (non-hydrogen) atoms. The fourth-order valence-electron chi connectivity index (χ4n) is 3.30. The van der Waals surface area contributed by atoms with Crippen LogP contribution in [-0.4, -0.2) is 40.6 Å². The molecule has 2 heterocycles. The smallest absolute Gasteiger partial charge is 0.337 e. The zero-order chi connectivity index (χ0) is 18.0. The van der Waals surface area contributed by atoms with E-state index < -0.39 is 10.9 Å². The summed E-state index contributed by atoms with van der Waals surface area (Å²) in [7, 11) is 1.29. The Morgan fingerprint density at radius 1 is 1.44 bits per heavy atom. The number of imidazole rings is 1. The molecule has 1 aromatic heterocycles. The summed E-state index contributed by atoms with van der Waals surface area (Å²) in [6, 6.07) is 4.50. The van der Waals surface area contributed by atoms with Crippen molar-refractivity contribution in [3.63, 3.8) is 0 Å². The second-order valence-corrected chi connectivity index (χ2v) is 6.24. The Balaban J connectivity index is 1.96. The zero-order valence-electron chi connectivity index (χ0n) is 14.2. The molecule has 2 atom stereocenters. The average molecular weight is 344 g/mol. The van der Waals surface area contributed by atoms with Crippen molar-refractivity contribution in [1.29, 1.82) is 0 Å². The lowest BCUT2D eigenvalue weighted by molar-refractivity contribution is -0.384. The fourth-order valence-corrected chi connectivity index (χ4v) is 3.30. The summed E-state index contributed by atoms with van der Waals surface area (Å²) in [5.74, 6) is -0.0824. The van der Waals surface area contributed by atoms with Gasteiger partial charge in [0.1, 0.15) is 5.69 Å². The normalized spacial score (nSPS) is 20.3. The Morgan fingerprint density at radius 2 is 2.24 bits per heavy atom. The molecule has 0 saturated carbocycles. The van der Waals surface area contributed by atoms with Crippen LogP contribution < -0.4 is 4.90 Å². The third-order valence-electron chi connectivity index (χ3n) is 4.76. The molecule has 0 spiro atoms. The van der Waals surface area contributed by atoms with Gasteiger partial charge in [0.15, 0.2) is 0 Å². The summed E-state index contributed by atoms with van der Waals surface area (Å²) in [5, 5.41) is 11.4. The molecule has 3 rings (SSSR count). The van der Waals surface area contributed by atoms with E-state index in [4.69, 9.17) is 4.74 Å². The minimum Gasteiger partial charge on any atom is -0.465 e. The van der Waals surface area contributed by atoms with Crippen LogP contribution in [0, 0.1) is 16.0 Å². The number of nitrogens with zero attached hydrogens (tertiary/aromatic N) is 4. The van der Waals surface area contributed by atoms with Gasteiger partial charge in [0.25, 0.3) is 5.69 Å². The molecule has 0 N–H and O–H groups in total. The number of rotatable bonds is 4. The Hall–Kier alpha value is -2.90. The van der Waals surface area contributed by atoms with Crippen LogP contribution in [0.5, 0.6) is 0 Å². The van der Waals surface area contributed by atoms with Gasteiger partial charge >= 0.3 is 5.97 Å². The number of carbonyl (C=O) groups excluding carboxylic acids is 1. The van der Waals surface area contributed by atoms with Gasteiger partial charge in [-0.05, 0) is 24.5 Å². The molecule has 1 aliphatic heterocycles. The summed E-state index contributed by atoms with van der Waals surface area (Å²) in [6.45, 7) is 3.47. The molecule has 0 aliphatic carbocycles. The Morgan fingerprint density at radius 3 is 2.88 bits per heavy atom. The molecule has 1 aromatic carbocycles. The van der Waals surface area contributed by atoms with Gasteiger partial charge < -0.3 is 14.2 Å². The summed E-state index contributed by atoms with van der Waals surface area (Å²) < 4.78 is 6.77. The number of hydrogen-bond acceptors (Lipinski definition) is 6. The molecular formula is C17H20N4O4. The van der Waals surface area contributed by atoms with Crippen molar-refractivity contribution in [2.24, 2.45) is 5.92 Å². The largest absolute Gasteiger partial charge is 0.465 e. The number of hydrogen-bond donors (Lipinski definition) is 0. The van der Waals surface area contributed by atoms with Crippen LogP contribution in [0.3, 0.4) is 0 Å². The number of nitro groups is 1. The van der Waals surface area contributed by atoms with E-state index in [1.807, 2.05) is 15.7 Å². The van der Waals surface area contributed by atoms with Crippen molar-refractivity contribution in [3.8, 4) is 0 Å². The predicted molar refractivity (Wildman–Crippen MR) is 91.7 cm³/mol. The Labute approximate surface area is 145 Å². The van der Waals surface area contributed by atoms with Gasteiger partial charge in [-0.25, -0.2) is 9.78 Å². The maximum atomic E-state index is 11.8. The number of ether oxygens (including phenoxy) is 1. The molecule has 132 valence electrons. The molecular weight excluding hydrogens is 324 g/mol. The molecule has 1 fully saturated rings. The number of aromatic nitrogens is 2. The van der Waals surface area contributed by atoms with E-state index in [-0.39, 0.29) is 11.7 Å². The van der Waals surface area contributed by atoms with Crippen LogP contribution in [-0.2, 0) is 4.74 Å². The lowest BCUT2D eigenvalue weighted by atomic mass is 9.92. The first-order valence-electron chi connectivity index (χ1n) is 8.10. The van der Waals surface area contributed by atoms with Crippen LogP contribution in [0.2, 0.25) is 0 Å². The summed E-state index contributed by atoms with van der Waals surface area (Å²) in [4.78, 5) is 28.9. The number of anilines is 1. The first-order chi connectivity index (χ1) is 12.0. The molecule has 8 heteroatoms. The van der Waals surface area contributed by atoms with Gasteiger partial charge in [0.05, 0.1) is 30.0 Å². The highest BCUT2D eigenvalue weighted by Gasteiger charge is 2.31. The van der Waals surface area contributed by atoms with E-state index in [1.165, 1.54) is 19.2 Å². The monoisotopic (exact) mass is 344 g/mol. The fraction of sp³-hybridized carbons (Fsp3) is 0.412. The van der Waals surface area contributed by atoms with Crippen LogP contribution >= 0.6 is 0 Å². The maximum absolute atomic E-state index is 11.8. The lowest BCUT2D eigenvalue weighted by Crippen LogP contribution is -2.40. The molecule has 8 nitrogen and oxygen atoms in total. The van der Waals surface area contributed by atoms with Crippen LogP contribution in [0.4, 0.5) is 11.4 Å².